The van der Waals surface area contributed by atoms with E-state index in [2.05, 4.69) is 20.4 Å². The van der Waals surface area contributed by atoms with Gasteiger partial charge in [-0.05, 0) is 39.0 Å². The minimum atomic E-state index is 0.294. The van der Waals surface area contributed by atoms with Crippen molar-refractivity contribution in [2.24, 2.45) is 18.0 Å². The zero-order valence-electron chi connectivity index (χ0n) is 16.6. The van der Waals surface area contributed by atoms with Crippen LogP contribution in [-0.4, -0.2) is 70.7 Å². The van der Waals surface area contributed by atoms with E-state index in [1.165, 1.54) is 12.8 Å². The van der Waals surface area contributed by atoms with E-state index >= 15 is 0 Å². The van der Waals surface area contributed by atoms with Crippen LogP contribution >= 0.6 is 0 Å². The van der Waals surface area contributed by atoms with Gasteiger partial charge in [-0.2, -0.15) is 0 Å². The van der Waals surface area contributed by atoms with Crippen LogP contribution in [0.5, 0.6) is 0 Å². The molecule has 3 atom stereocenters. The lowest BCUT2D eigenvalue weighted by Crippen LogP contribution is -2.53. The predicted octanol–water partition coefficient (Wildman–Crippen LogP) is 1.25. The summed E-state index contributed by atoms with van der Waals surface area (Å²) in [5.74, 6) is 3.38. The summed E-state index contributed by atoms with van der Waals surface area (Å²) in [6.07, 6.45) is 6.50. The van der Waals surface area contributed by atoms with Crippen LogP contribution in [0.4, 0.5) is 0 Å². The quantitative estimate of drug-likeness (QED) is 0.630. The molecule has 3 saturated heterocycles. The molecule has 0 radical (unpaired) electrons. The van der Waals surface area contributed by atoms with E-state index in [0.717, 1.165) is 69.7 Å². The van der Waals surface area contributed by atoms with Gasteiger partial charge in [-0.3, -0.25) is 0 Å². The minimum absolute atomic E-state index is 0.294. The van der Waals surface area contributed by atoms with E-state index in [1.54, 1.807) is 0 Å². The fraction of sp³-hybridized carbons (Fsp3) is 0.842. The molecule has 0 aromatic carbocycles. The van der Waals surface area contributed by atoms with E-state index in [0.29, 0.717) is 24.7 Å². The molecule has 8 heteroatoms. The van der Waals surface area contributed by atoms with Gasteiger partial charge in [0.1, 0.15) is 12.4 Å². The molecule has 0 aliphatic carbocycles. The molecule has 1 aromatic rings. The first kappa shape index (κ1) is 18.7. The topological polar surface area (TPSA) is 76.8 Å². The summed E-state index contributed by atoms with van der Waals surface area (Å²) < 4.78 is 13.8. The van der Waals surface area contributed by atoms with Crippen molar-refractivity contribution in [2.75, 3.05) is 32.8 Å². The molecule has 4 heterocycles. The van der Waals surface area contributed by atoms with Crippen molar-refractivity contribution in [2.45, 2.75) is 57.8 Å². The van der Waals surface area contributed by atoms with Gasteiger partial charge in [-0.25, -0.2) is 4.99 Å². The number of aromatic nitrogens is 3. The smallest absolute Gasteiger partial charge is 0.194 e. The summed E-state index contributed by atoms with van der Waals surface area (Å²) in [7, 11) is 1.99. The third kappa shape index (κ3) is 4.43. The second-order valence-electron chi connectivity index (χ2n) is 7.92. The van der Waals surface area contributed by atoms with E-state index in [1.807, 2.05) is 18.5 Å². The summed E-state index contributed by atoms with van der Waals surface area (Å²) in [5, 5.41) is 12.0. The Morgan fingerprint density at radius 3 is 2.81 bits per heavy atom. The van der Waals surface area contributed by atoms with Crippen LogP contribution in [0.1, 0.15) is 43.8 Å². The molecule has 3 aliphatic rings. The lowest BCUT2D eigenvalue weighted by molar-refractivity contribution is -0.0560. The maximum absolute atomic E-state index is 5.97. The van der Waals surface area contributed by atoms with E-state index in [4.69, 9.17) is 14.5 Å². The van der Waals surface area contributed by atoms with E-state index in [9.17, 15) is 0 Å². The van der Waals surface area contributed by atoms with E-state index in [-0.39, 0.29) is 0 Å². The van der Waals surface area contributed by atoms with Crippen LogP contribution in [0.2, 0.25) is 0 Å². The lowest BCUT2D eigenvalue weighted by atomic mass is 9.88. The number of aryl methyl sites for hydroxylation is 1. The zero-order valence-corrected chi connectivity index (χ0v) is 16.6. The highest BCUT2D eigenvalue weighted by atomic mass is 16.5. The maximum Gasteiger partial charge on any atom is 0.194 e. The Morgan fingerprint density at radius 1 is 1.19 bits per heavy atom. The first-order chi connectivity index (χ1) is 13.2. The number of fused-ring (bicyclic) bond motifs is 1. The molecule has 3 aliphatic heterocycles. The molecule has 1 aromatic heterocycles. The third-order valence-electron chi connectivity index (χ3n) is 6.08. The van der Waals surface area contributed by atoms with Crippen LogP contribution < -0.4 is 5.32 Å². The molecular weight excluding hydrogens is 344 g/mol. The van der Waals surface area contributed by atoms with Gasteiger partial charge in [0.15, 0.2) is 11.8 Å². The Morgan fingerprint density at radius 2 is 2.04 bits per heavy atom. The average Bonchev–Trinajstić information content (AvgIpc) is 3.33. The molecule has 3 fully saturated rings. The Kier molecular flexibility index (Phi) is 5.92. The van der Waals surface area contributed by atoms with Gasteiger partial charge in [0.05, 0.1) is 12.2 Å². The van der Waals surface area contributed by atoms with Crippen molar-refractivity contribution in [1.82, 2.24) is 25.0 Å². The first-order valence-electron chi connectivity index (χ1n) is 10.3. The summed E-state index contributed by atoms with van der Waals surface area (Å²) in [5.41, 5.74) is 0. The maximum atomic E-state index is 5.97. The summed E-state index contributed by atoms with van der Waals surface area (Å²) in [6.45, 7) is 7.11. The van der Waals surface area contributed by atoms with Crippen LogP contribution in [0, 0.1) is 12.8 Å². The average molecular weight is 377 g/mol. The molecule has 3 unspecified atom stereocenters. The zero-order chi connectivity index (χ0) is 18.6. The highest BCUT2D eigenvalue weighted by Crippen LogP contribution is 2.28. The standard InChI is InChI=1S/C19H32N6O2/c1-14-22-23-18(24(14)2)12-21-19(20-11-16-6-4-9-26-16)25-8-7-17-15(13-25)5-3-10-27-17/h15-17H,3-13H2,1-2H3,(H,20,21). The van der Waals surface area contributed by atoms with Gasteiger partial charge in [0.25, 0.3) is 0 Å². The fourth-order valence-corrected chi connectivity index (χ4v) is 4.29. The summed E-state index contributed by atoms with van der Waals surface area (Å²) in [6, 6.07) is 0. The SMILES string of the molecule is Cc1nnc(CN=C(NCC2CCCO2)N2CCC3OCCCC3C2)n1C. The number of likely N-dealkylation sites (tertiary alicyclic amines) is 1. The highest BCUT2D eigenvalue weighted by molar-refractivity contribution is 5.80. The molecule has 0 amide bonds. The molecule has 150 valence electrons. The fourth-order valence-electron chi connectivity index (χ4n) is 4.29. The predicted molar refractivity (Wildman–Crippen MR) is 103 cm³/mol. The normalized spacial score (nSPS) is 29.0. The van der Waals surface area contributed by atoms with Crippen molar-refractivity contribution in [3.05, 3.63) is 11.6 Å². The number of nitrogens with one attached hydrogen (secondary N) is 1. The van der Waals surface area contributed by atoms with Gasteiger partial charge in [0, 0.05) is 45.8 Å². The molecule has 4 rings (SSSR count). The van der Waals surface area contributed by atoms with Gasteiger partial charge in [0.2, 0.25) is 0 Å². The number of hydrogen-bond donors (Lipinski definition) is 1. The van der Waals surface area contributed by atoms with Crippen molar-refractivity contribution >= 4 is 5.96 Å². The monoisotopic (exact) mass is 376 g/mol. The number of aliphatic imine (C=N–C) groups is 1. The number of rotatable bonds is 4. The van der Waals surface area contributed by atoms with E-state index < -0.39 is 0 Å². The van der Waals surface area contributed by atoms with Crippen LogP contribution in [0.25, 0.3) is 0 Å². The van der Waals surface area contributed by atoms with Gasteiger partial charge >= 0.3 is 0 Å². The van der Waals surface area contributed by atoms with Crippen molar-refractivity contribution in [3.8, 4) is 0 Å². The number of piperidine rings is 1. The number of hydrogen-bond acceptors (Lipinski definition) is 5. The Balaban J connectivity index is 1.44. The van der Waals surface area contributed by atoms with Crippen molar-refractivity contribution < 1.29 is 9.47 Å². The Labute approximate surface area is 161 Å². The summed E-state index contributed by atoms with van der Waals surface area (Å²) >= 11 is 0. The number of guanidine groups is 1. The van der Waals surface area contributed by atoms with Gasteiger partial charge in [-0.1, -0.05) is 0 Å². The molecule has 0 bridgehead atoms. The third-order valence-corrected chi connectivity index (χ3v) is 6.08. The van der Waals surface area contributed by atoms with Gasteiger partial charge in [-0.15, -0.1) is 10.2 Å². The number of nitrogens with zero attached hydrogens (tertiary/aromatic N) is 5. The second kappa shape index (κ2) is 8.56. The first-order valence-corrected chi connectivity index (χ1v) is 10.3. The second-order valence-corrected chi connectivity index (χ2v) is 7.92. The summed E-state index contributed by atoms with van der Waals surface area (Å²) in [4.78, 5) is 7.30. The largest absolute Gasteiger partial charge is 0.378 e. The van der Waals surface area contributed by atoms with Gasteiger partial charge < -0.3 is 24.3 Å². The Hall–Kier alpha value is -1.67. The highest BCUT2D eigenvalue weighted by Gasteiger charge is 2.33. The van der Waals surface area contributed by atoms with Crippen LogP contribution in [0.15, 0.2) is 4.99 Å². The Bertz CT molecular complexity index is 655. The minimum Gasteiger partial charge on any atom is -0.378 e. The molecule has 0 saturated carbocycles. The van der Waals surface area contributed by atoms with Crippen LogP contribution in [-0.2, 0) is 23.1 Å². The molecule has 0 spiro atoms. The number of ether oxygens (including phenoxy) is 2. The lowest BCUT2D eigenvalue weighted by Gasteiger charge is -2.42. The molecule has 1 N–H and O–H groups in total. The van der Waals surface area contributed by atoms with Crippen LogP contribution in [0.3, 0.4) is 0 Å². The van der Waals surface area contributed by atoms with Crippen molar-refractivity contribution in [3.63, 3.8) is 0 Å². The van der Waals surface area contributed by atoms with Crippen molar-refractivity contribution in [1.29, 1.82) is 0 Å². The molecular formula is C19H32N6O2. The molecule has 27 heavy (non-hydrogen) atoms. The molecule has 8 nitrogen and oxygen atoms in total.